The van der Waals surface area contributed by atoms with Crippen molar-refractivity contribution in [3.63, 3.8) is 0 Å². The third-order valence-corrected chi connectivity index (χ3v) is 7.20. The highest BCUT2D eigenvalue weighted by atomic mass is 28.4. The predicted molar refractivity (Wildman–Crippen MR) is 96.7 cm³/mol. The molecule has 0 amide bonds. The zero-order valence-electron chi connectivity index (χ0n) is 13.8. The summed E-state index contributed by atoms with van der Waals surface area (Å²) in [6.45, 7) is 0. The van der Waals surface area contributed by atoms with Crippen molar-refractivity contribution in [3.8, 4) is 0 Å². The zero-order chi connectivity index (χ0) is 16.3. The van der Waals surface area contributed by atoms with E-state index in [9.17, 15) is 0 Å². The third-order valence-electron chi connectivity index (χ3n) is 4.47. The first-order valence-corrected chi connectivity index (χ1v) is 9.70. The quantitative estimate of drug-likeness (QED) is 0.496. The molecule has 23 heavy (non-hydrogen) atoms. The molecule has 3 aromatic carbocycles. The molecule has 0 aromatic heterocycles. The van der Waals surface area contributed by atoms with Gasteiger partial charge >= 0.3 is 8.80 Å². The van der Waals surface area contributed by atoms with E-state index in [1.807, 2.05) is 0 Å². The van der Waals surface area contributed by atoms with Gasteiger partial charge in [-0.15, -0.1) is 0 Å². The Kier molecular flexibility index (Phi) is 4.78. The van der Waals surface area contributed by atoms with E-state index in [4.69, 9.17) is 13.3 Å². The average molecular weight is 326 g/mol. The van der Waals surface area contributed by atoms with Crippen LogP contribution in [0.25, 0.3) is 21.5 Å². The monoisotopic (exact) mass is 326 g/mol. The molecule has 0 aliphatic rings. The summed E-state index contributed by atoms with van der Waals surface area (Å²) < 4.78 is 16.6. The Morgan fingerprint density at radius 1 is 0.739 bits per heavy atom. The fourth-order valence-electron chi connectivity index (χ4n) is 3.09. The summed E-state index contributed by atoms with van der Waals surface area (Å²) in [6, 6.07) is 20.2. The maximum atomic E-state index is 5.53. The van der Waals surface area contributed by atoms with Gasteiger partial charge in [-0.3, -0.25) is 0 Å². The summed E-state index contributed by atoms with van der Waals surface area (Å²) in [5, 5.41) is 5.09. The van der Waals surface area contributed by atoms with E-state index < -0.39 is 8.80 Å². The standard InChI is InChI=1S/C19H22O3Si/c1-20-23(21-2,22-3)12-11-15-9-6-10-18-13-16-7-4-5-8-17(16)14-19(15)18/h4-10,13-14H,11-12H2,1-3H3. The van der Waals surface area contributed by atoms with Crippen LogP contribution in [0.3, 0.4) is 0 Å². The lowest BCUT2D eigenvalue weighted by molar-refractivity contribution is 0.124. The van der Waals surface area contributed by atoms with Gasteiger partial charge in [0.05, 0.1) is 0 Å². The Hall–Kier alpha value is -1.72. The first kappa shape index (κ1) is 16.1. The Morgan fingerprint density at radius 2 is 1.35 bits per heavy atom. The summed E-state index contributed by atoms with van der Waals surface area (Å²) in [7, 11) is 2.45. The highest BCUT2D eigenvalue weighted by Crippen LogP contribution is 2.27. The lowest BCUT2D eigenvalue weighted by atomic mass is 9.99. The van der Waals surface area contributed by atoms with Crippen LogP contribution in [0.5, 0.6) is 0 Å². The van der Waals surface area contributed by atoms with Gasteiger partial charge in [0, 0.05) is 27.4 Å². The van der Waals surface area contributed by atoms with E-state index in [1.54, 1.807) is 21.3 Å². The first-order chi connectivity index (χ1) is 11.2. The van der Waals surface area contributed by atoms with Gasteiger partial charge in [0.2, 0.25) is 0 Å². The molecule has 120 valence electrons. The van der Waals surface area contributed by atoms with Crippen LogP contribution in [0.15, 0.2) is 54.6 Å². The van der Waals surface area contributed by atoms with Crippen molar-refractivity contribution in [3.05, 3.63) is 60.2 Å². The van der Waals surface area contributed by atoms with Crippen molar-refractivity contribution in [2.75, 3.05) is 21.3 Å². The molecule has 3 nitrogen and oxygen atoms in total. The number of benzene rings is 3. The molecule has 0 heterocycles. The molecule has 0 bridgehead atoms. The number of hydrogen-bond acceptors (Lipinski definition) is 3. The number of hydrogen-bond donors (Lipinski definition) is 0. The Labute approximate surface area is 138 Å². The summed E-state index contributed by atoms with van der Waals surface area (Å²) in [4.78, 5) is 0. The van der Waals surface area contributed by atoms with Crippen molar-refractivity contribution < 1.29 is 13.3 Å². The van der Waals surface area contributed by atoms with Crippen molar-refractivity contribution in [1.82, 2.24) is 0 Å². The van der Waals surface area contributed by atoms with Gasteiger partial charge in [0.15, 0.2) is 0 Å². The molecule has 4 heteroatoms. The SMILES string of the molecule is CO[Si](CCc1cccc2cc3ccccc3cc12)(OC)OC. The van der Waals surface area contributed by atoms with Crippen molar-refractivity contribution >= 4 is 30.3 Å². The molecule has 0 aliphatic heterocycles. The summed E-state index contributed by atoms with van der Waals surface area (Å²) in [6.07, 6.45) is 0.872. The normalized spacial score (nSPS) is 12.1. The molecule has 0 unspecified atom stereocenters. The van der Waals surface area contributed by atoms with E-state index >= 15 is 0 Å². The predicted octanol–water partition coefficient (Wildman–Crippen LogP) is 4.41. The van der Waals surface area contributed by atoms with E-state index in [-0.39, 0.29) is 0 Å². The third kappa shape index (κ3) is 3.16. The fourth-order valence-corrected chi connectivity index (χ4v) is 4.78. The molecule has 0 spiro atoms. The van der Waals surface area contributed by atoms with Crippen LogP contribution in [0.4, 0.5) is 0 Å². The maximum Gasteiger partial charge on any atom is 0.500 e. The van der Waals surface area contributed by atoms with Gasteiger partial charge in [0.25, 0.3) is 0 Å². The van der Waals surface area contributed by atoms with Crippen LogP contribution in [0.2, 0.25) is 6.04 Å². The van der Waals surface area contributed by atoms with Crippen molar-refractivity contribution in [2.24, 2.45) is 0 Å². The summed E-state index contributed by atoms with van der Waals surface area (Å²) in [5.74, 6) is 0. The molecule has 0 atom stereocenters. The largest absolute Gasteiger partial charge is 0.500 e. The van der Waals surface area contributed by atoms with E-state index in [0.717, 1.165) is 12.5 Å². The molecular formula is C19H22O3Si. The number of aryl methyl sites for hydroxylation is 1. The molecule has 0 N–H and O–H groups in total. The van der Waals surface area contributed by atoms with Gasteiger partial charge in [-0.05, 0) is 45.7 Å². The van der Waals surface area contributed by atoms with Crippen LogP contribution >= 0.6 is 0 Å². The van der Waals surface area contributed by atoms with Gasteiger partial charge in [-0.2, -0.15) is 0 Å². The second-order valence-corrected chi connectivity index (χ2v) is 8.72. The van der Waals surface area contributed by atoms with Crippen LogP contribution in [-0.4, -0.2) is 30.1 Å². The summed E-state index contributed by atoms with van der Waals surface area (Å²) >= 11 is 0. The van der Waals surface area contributed by atoms with Gasteiger partial charge in [0.1, 0.15) is 0 Å². The van der Waals surface area contributed by atoms with Crippen LogP contribution < -0.4 is 0 Å². The molecule has 0 saturated carbocycles. The molecule has 3 rings (SSSR count). The Bertz CT molecular complexity index is 804. The fraction of sp³-hybridized carbons (Fsp3) is 0.263. The number of rotatable bonds is 6. The van der Waals surface area contributed by atoms with Crippen LogP contribution in [0, 0.1) is 0 Å². The van der Waals surface area contributed by atoms with E-state index in [1.165, 1.54) is 27.1 Å². The molecule has 3 aromatic rings. The minimum Gasteiger partial charge on any atom is -0.377 e. The Balaban J connectivity index is 1.99. The maximum absolute atomic E-state index is 5.53. The van der Waals surface area contributed by atoms with E-state index in [2.05, 4.69) is 54.6 Å². The minimum absolute atomic E-state index is 0.766. The van der Waals surface area contributed by atoms with Gasteiger partial charge < -0.3 is 13.3 Å². The second-order valence-electron chi connectivity index (χ2n) is 5.63. The average Bonchev–Trinajstić information content (AvgIpc) is 2.61. The van der Waals surface area contributed by atoms with Crippen LogP contribution in [-0.2, 0) is 19.7 Å². The number of fused-ring (bicyclic) bond motifs is 2. The molecule has 0 fully saturated rings. The second kappa shape index (κ2) is 6.80. The van der Waals surface area contributed by atoms with E-state index in [0.29, 0.717) is 0 Å². The first-order valence-electron chi connectivity index (χ1n) is 7.77. The summed E-state index contributed by atoms with van der Waals surface area (Å²) in [5.41, 5.74) is 1.30. The lowest BCUT2D eigenvalue weighted by Crippen LogP contribution is -2.43. The molecular weight excluding hydrogens is 304 g/mol. The smallest absolute Gasteiger partial charge is 0.377 e. The van der Waals surface area contributed by atoms with Crippen molar-refractivity contribution in [2.45, 2.75) is 12.5 Å². The lowest BCUT2D eigenvalue weighted by Gasteiger charge is -2.24. The Morgan fingerprint density at radius 3 is 2.00 bits per heavy atom. The van der Waals surface area contributed by atoms with Gasteiger partial charge in [-0.1, -0.05) is 42.5 Å². The minimum atomic E-state index is -2.54. The topological polar surface area (TPSA) is 27.7 Å². The molecule has 0 radical (unpaired) electrons. The highest BCUT2D eigenvalue weighted by Gasteiger charge is 2.37. The van der Waals surface area contributed by atoms with Gasteiger partial charge in [-0.25, -0.2) is 0 Å². The zero-order valence-corrected chi connectivity index (χ0v) is 14.8. The van der Waals surface area contributed by atoms with Crippen molar-refractivity contribution in [1.29, 1.82) is 0 Å². The van der Waals surface area contributed by atoms with Crippen LogP contribution in [0.1, 0.15) is 5.56 Å². The molecule has 0 saturated heterocycles. The highest BCUT2D eigenvalue weighted by molar-refractivity contribution is 6.60. The molecule has 0 aliphatic carbocycles.